The molecule has 0 aromatic rings. The molecule has 372 valence electrons. The van der Waals surface area contributed by atoms with E-state index in [1.54, 1.807) is 0 Å². The van der Waals surface area contributed by atoms with E-state index in [9.17, 15) is 19.0 Å². The number of unbranched alkanes of at least 4 members (excludes halogenated alkanes) is 23. The second-order valence-corrected chi connectivity index (χ2v) is 19.9. The topological polar surface area (TPSA) is 111 Å². The lowest BCUT2D eigenvalue weighted by atomic mass is 10.0. The summed E-state index contributed by atoms with van der Waals surface area (Å²) >= 11 is 0. The minimum Gasteiger partial charge on any atom is -0.756 e. The van der Waals surface area contributed by atoms with Crippen LogP contribution in [-0.2, 0) is 32.7 Å². The average molecular weight is 920 g/mol. The monoisotopic (exact) mass is 920 g/mol. The van der Waals surface area contributed by atoms with E-state index in [-0.39, 0.29) is 26.1 Å². The van der Waals surface area contributed by atoms with Crippen LogP contribution in [0.2, 0.25) is 0 Å². The molecule has 0 aliphatic carbocycles. The molecule has 0 bridgehead atoms. The van der Waals surface area contributed by atoms with Crippen LogP contribution in [-0.4, -0.2) is 70.0 Å². The number of likely N-dealkylation sites (N-methyl/N-ethyl adjacent to an activating group) is 1. The summed E-state index contributed by atoms with van der Waals surface area (Å²) in [7, 11) is 1.12. The zero-order valence-electron chi connectivity index (χ0n) is 42.0. The van der Waals surface area contributed by atoms with E-state index < -0.39 is 32.5 Å². The van der Waals surface area contributed by atoms with E-state index in [4.69, 9.17) is 18.5 Å². The standard InChI is InChI=1S/C54H98NO8P/c1-6-8-10-12-14-16-18-20-22-24-25-26-27-28-29-31-33-35-37-39-41-43-45-47-54(57)63-52(51-62-64(58,59)61-49-48-55(3,4)5)50-60-53(56)46-44-42-40-38-36-34-32-30-23-21-19-17-15-13-11-9-7-2/h15,17,21,23,32,34,38-41,52H,6-14,16,18-20,22,24-31,33,35-37,42-51H2,1-5H3/b17-15+,23-21+,34-32+,40-38+,41-39+/t52-/m1/s1. The normalized spacial score (nSPS) is 13.9. The van der Waals surface area contributed by atoms with Gasteiger partial charge in [0.05, 0.1) is 27.7 Å². The molecule has 1 unspecified atom stereocenters. The molecule has 64 heavy (non-hydrogen) atoms. The number of hydrogen-bond donors (Lipinski definition) is 0. The smallest absolute Gasteiger partial charge is 0.306 e. The SMILES string of the molecule is CCCCC/C=C/C/C=C/C/C=C/C/C=C/CCCC(=O)OC[C@H](COP(=O)([O-])OCC[N+](C)(C)C)OC(=O)CCC/C=C/CCCCCCCCCCCCCCCCCCCC. The Morgan fingerprint density at radius 1 is 0.484 bits per heavy atom. The molecule has 0 amide bonds. The van der Waals surface area contributed by atoms with Gasteiger partial charge in [-0.1, -0.05) is 197 Å². The van der Waals surface area contributed by atoms with Crippen LogP contribution in [0.3, 0.4) is 0 Å². The van der Waals surface area contributed by atoms with Crippen molar-refractivity contribution in [2.75, 3.05) is 47.5 Å². The number of carbonyl (C=O) groups is 2. The highest BCUT2D eigenvalue weighted by atomic mass is 31.2. The quantitative estimate of drug-likeness (QED) is 0.0195. The lowest BCUT2D eigenvalue weighted by Gasteiger charge is -2.28. The number of esters is 2. The van der Waals surface area contributed by atoms with Gasteiger partial charge < -0.3 is 27.9 Å². The maximum atomic E-state index is 12.7. The van der Waals surface area contributed by atoms with Crippen molar-refractivity contribution in [1.82, 2.24) is 0 Å². The Labute approximate surface area is 394 Å². The highest BCUT2D eigenvalue weighted by molar-refractivity contribution is 7.45. The molecule has 0 fully saturated rings. The third-order valence-corrected chi connectivity index (χ3v) is 12.0. The van der Waals surface area contributed by atoms with E-state index in [1.807, 2.05) is 21.1 Å². The van der Waals surface area contributed by atoms with Gasteiger partial charge in [-0.2, -0.15) is 0 Å². The number of ether oxygens (including phenoxy) is 2. The van der Waals surface area contributed by atoms with Gasteiger partial charge in [0.25, 0.3) is 7.82 Å². The van der Waals surface area contributed by atoms with Crippen LogP contribution in [0.5, 0.6) is 0 Å². The molecule has 0 spiro atoms. The van der Waals surface area contributed by atoms with E-state index in [2.05, 4.69) is 74.6 Å². The highest BCUT2D eigenvalue weighted by Gasteiger charge is 2.21. The summed E-state index contributed by atoms with van der Waals surface area (Å²) in [5.41, 5.74) is 0. The van der Waals surface area contributed by atoms with E-state index in [0.29, 0.717) is 23.9 Å². The lowest BCUT2D eigenvalue weighted by Crippen LogP contribution is -2.37. The van der Waals surface area contributed by atoms with Gasteiger partial charge in [-0.05, 0) is 70.6 Å². The lowest BCUT2D eigenvalue weighted by molar-refractivity contribution is -0.870. The average Bonchev–Trinajstić information content (AvgIpc) is 3.25. The van der Waals surface area contributed by atoms with Gasteiger partial charge in [-0.3, -0.25) is 14.2 Å². The molecule has 0 saturated heterocycles. The van der Waals surface area contributed by atoms with E-state index in [0.717, 1.165) is 38.5 Å². The zero-order chi connectivity index (χ0) is 47.1. The molecule has 0 saturated carbocycles. The fourth-order valence-corrected chi connectivity index (χ4v) is 7.67. The van der Waals surface area contributed by atoms with Crippen LogP contribution in [0.1, 0.15) is 219 Å². The molecule has 0 N–H and O–H groups in total. The number of hydrogen-bond acceptors (Lipinski definition) is 8. The number of rotatable bonds is 47. The number of phosphoric acid groups is 1. The van der Waals surface area contributed by atoms with E-state index >= 15 is 0 Å². The summed E-state index contributed by atoms with van der Waals surface area (Å²) in [6.45, 7) is 4.13. The zero-order valence-corrected chi connectivity index (χ0v) is 42.9. The molecular formula is C54H98NO8P. The number of carbonyl (C=O) groups excluding carboxylic acids is 2. The third-order valence-electron chi connectivity index (χ3n) is 11.0. The second kappa shape index (κ2) is 45.8. The Morgan fingerprint density at radius 2 is 0.844 bits per heavy atom. The Balaban J connectivity index is 4.33. The number of allylic oxidation sites excluding steroid dienone is 10. The van der Waals surface area contributed by atoms with Crippen molar-refractivity contribution in [1.29, 1.82) is 0 Å². The third kappa shape index (κ3) is 49.2. The van der Waals surface area contributed by atoms with Crippen molar-refractivity contribution in [2.45, 2.75) is 225 Å². The van der Waals surface area contributed by atoms with Gasteiger partial charge in [-0.15, -0.1) is 0 Å². The summed E-state index contributed by atoms with van der Waals surface area (Å²) in [4.78, 5) is 37.7. The predicted octanol–water partition coefficient (Wildman–Crippen LogP) is 15.0. The van der Waals surface area contributed by atoms with Crippen LogP contribution in [0.25, 0.3) is 0 Å². The molecule has 2 atom stereocenters. The first-order valence-electron chi connectivity index (χ1n) is 26.0. The summed E-state index contributed by atoms with van der Waals surface area (Å²) in [6.07, 6.45) is 57.1. The Hall–Kier alpha value is -2.29. The van der Waals surface area contributed by atoms with Gasteiger partial charge >= 0.3 is 11.9 Å². The summed E-state index contributed by atoms with van der Waals surface area (Å²) in [5, 5.41) is 0. The van der Waals surface area contributed by atoms with Gasteiger partial charge in [-0.25, -0.2) is 0 Å². The largest absolute Gasteiger partial charge is 0.756 e. The molecule has 10 heteroatoms. The van der Waals surface area contributed by atoms with Crippen molar-refractivity contribution in [3.8, 4) is 0 Å². The molecule has 9 nitrogen and oxygen atoms in total. The molecular weight excluding hydrogens is 822 g/mol. The highest BCUT2D eigenvalue weighted by Crippen LogP contribution is 2.38. The minimum atomic E-state index is -4.65. The first-order valence-corrected chi connectivity index (χ1v) is 27.5. The second-order valence-electron chi connectivity index (χ2n) is 18.5. The van der Waals surface area contributed by atoms with Crippen LogP contribution >= 0.6 is 7.82 Å². The first-order chi connectivity index (χ1) is 31.0. The van der Waals surface area contributed by atoms with Crippen LogP contribution in [0.4, 0.5) is 0 Å². The van der Waals surface area contributed by atoms with Gasteiger partial charge in [0.1, 0.15) is 19.8 Å². The number of quaternary nitrogens is 1. The predicted molar refractivity (Wildman–Crippen MR) is 268 cm³/mol. The van der Waals surface area contributed by atoms with Crippen LogP contribution in [0.15, 0.2) is 60.8 Å². The molecule has 0 aliphatic heterocycles. The van der Waals surface area contributed by atoms with E-state index in [1.165, 1.54) is 141 Å². The minimum absolute atomic E-state index is 0.0454. The van der Waals surface area contributed by atoms with Crippen LogP contribution < -0.4 is 4.89 Å². The number of nitrogens with zero attached hydrogens (tertiary/aromatic N) is 1. The molecule has 0 aliphatic rings. The molecule has 0 rings (SSSR count). The molecule has 0 aromatic carbocycles. The molecule has 0 radical (unpaired) electrons. The van der Waals surface area contributed by atoms with Crippen molar-refractivity contribution in [3.05, 3.63) is 60.8 Å². The summed E-state index contributed by atoms with van der Waals surface area (Å²) < 4.78 is 33.9. The van der Waals surface area contributed by atoms with Crippen molar-refractivity contribution in [3.63, 3.8) is 0 Å². The fourth-order valence-electron chi connectivity index (χ4n) is 6.95. The fraction of sp³-hybridized carbons (Fsp3) is 0.778. The molecule has 0 heterocycles. The van der Waals surface area contributed by atoms with Gasteiger partial charge in [0.15, 0.2) is 6.10 Å². The summed E-state index contributed by atoms with van der Waals surface area (Å²) in [5.74, 6) is -0.935. The van der Waals surface area contributed by atoms with Crippen molar-refractivity contribution >= 4 is 19.8 Å². The Morgan fingerprint density at radius 3 is 1.30 bits per heavy atom. The van der Waals surface area contributed by atoms with Gasteiger partial charge in [0, 0.05) is 12.8 Å². The van der Waals surface area contributed by atoms with Gasteiger partial charge in [0.2, 0.25) is 0 Å². The number of phosphoric ester groups is 1. The Bertz CT molecular complexity index is 1270. The maximum absolute atomic E-state index is 12.7. The van der Waals surface area contributed by atoms with Crippen molar-refractivity contribution < 1.29 is 42.1 Å². The summed E-state index contributed by atoms with van der Waals surface area (Å²) in [6, 6.07) is 0. The molecule has 0 aromatic heterocycles. The Kier molecular flexibility index (Phi) is 44.2. The first kappa shape index (κ1) is 61.7. The maximum Gasteiger partial charge on any atom is 0.306 e. The van der Waals surface area contributed by atoms with Crippen LogP contribution in [0, 0.1) is 0 Å². The van der Waals surface area contributed by atoms with Crippen molar-refractivity contribution in [2.24, 2.45) is 0 Å².